The molecule has 0 saturated carbocycles. The Kier molecular flexibility index (Phi) is 7.29. The van der Waals surface area contributed by atoms with Crippen LogP contribution < -0.4 is 5.32 Å². The van der Waals surface area contributed by atoms with E-state index < -0.39 is 0 Å². The van der Waals surface area contributed by atoms with Crippen molar-refractivity contribution in [1.82, 2.24) is 10.2 Å². The molecule has 2 atom stereocenters. The van der Waals surface area contributed by atoms with E-state index in [0.29, 0.717) is 6.61 Å². The maximum atomic E-state index is 11.5. The van der Waals surface area contributed by atoms with Crippen LogP contribution in [0.15, 0.2) is 0 Å². The third kappa shape index (κ3) is 6.43. The van der Waals surface area contributed by atoms with Gasteiger partial charge in [-0.15, -0.1) is 0 Å². The fourth-order valence-electron chi connectivity index (χ4n) is 1.13. The number of carbonyl (C=O) groups is 1. The van der Waals surface area contributed by atoms with Gasteiger partial charge in [-0.25, -0.2) is 0 Å². The second-order valence-electron chi connectivity index (χ2n) is 3.87. The number of rotatable bonds is 7. The number of likely N-dealkylation sites (N-methyl/N-ethyl adjacent to an activating group) is 1. The molecule has 0 aromatic carbocycles. The molecule has 0 aliphatic rings. The van der Waals surface area contributed by atoms with Crippen LogP contribution in [0.25, 0.3) is 0 Å². The Balaban J connectivity index is 3.82. The first-order valence-corrected chi connectivity index (χ1v) is 5.10. The SMILES string of the molecule is COCC(C)NC(=O)CN(C)C(C)CO. The zero-order chi connectivity index (χ0) is 11.8. The zero-order valence-electron chi connectivity index (χ0n) is 9.99. The molecule has 0 fully saturated rings. The molecule has 0 aromatic heterocycles. The predicted molar refractivity (Wildman–Crippen MR) is 58.7 cm³/mol. The van der Waals surface area contributed by atoms with Crippen molar-refractivity contribution >= 4 is 5.91 Å². The summed E-state index contributed by atoms with van der Waals surface area (Å²) < 4.78 is 4.91. The lowest BCUT2D eigenvalue weighted by atomic mass is 10.3. The Morgan fingerprint density at radius 1 is 1.53 bits per heavy atom. The van der Waals surface area contributed by atoms with Crippen LogP contribution in [0.3, 0.4) is 0 Å². The van der Waals surface area contributed by atoms with Crippen molar-refractivity contribution in [3.05, 3.63) is 0 Å². The van der Waals surface area contributed by atoms with Crippen LogP contribution in [0.2, 0.25) is 0 Å². The summed E-state index contributed by atoms with van der Waals surface area (Å²) in [5.41, 5.74) is 0. The number of hydrogen-bond donors (Lipinski definition) is 2. The van der Waals surface area contributed by atoms with Gasteiger partial charge in [-0.1, -0.05) is 0 Å². The highest BCUT2D eigenvalue weighted by Gasteiger charge is 2.13. The van der Waals surface area contributed by atoms with E-state index in [1.54, 1.807) is 19.1 Å². The number of nitrogens with zero attached hydrogens (tertiary/aromatic N) is 1. The second-order valence-corrected chi connectivity index (χ2v) is 3.87. The number of nitrogens with one attached hydrogen (secondary N) is 1. The Labute approximate surface area is 91.4 Å². The lowest BCUT2D eigenvalue weighted by Gasteiger charge is -2.23. The van der Waals surface area contributed by atoms with E-state index in [-0.39, 0.29) is 31.1 Å². The van der Waals surface area contributed by atoms with Gasteiger partial charge in [-0.2, -0.15) is 0 Å². The van der Waals surface area contributed by atoms with Crippen LogP contribution in [-0.2, 0) is 9.53 Å². The second kappa shape index (κ2) is 7.62. The van der Waals surface area contributed by atoms with Gasteiger partial charge in [0, 0.05) is 19.2 Å². The van der Waals surface area contributed by atoms with E-state index in [0.717, 1.165) is 0 Å². The fraction of sp³-hybridized carbons (Fsp3) is 0.900. The molecule has 0 spiro atoms. The van der Waals surface area contributed by atoms with Crippen LogP contribution in [0.5, 0.6) is 0 Å². The molecule has 5 nitrogen and oxygen atoms in total. The minimum atomic E-state index is -0.0534. The molecular formula is C10H22N2O3. The molecular weight excluding hydrogens is 196 g/mol. The molecule has 90 valence electrons. The summed E-state index contributed by atoms with van der Waals surface area (Å²) in [5, 5.41) is 11.7. The highest BCUT2D eigenvalue weighted by atomic mass is 16.5. The number of aliphatic hydroxyl groups is 1. The Hall–Kier alpha value is -0.650. The molecule has 0 saturated heterocycles. The average molecular weight is 218 g/mol. The Morgan fingerprint density at radius 2 is 2.13 bits per heavy atom. The molecule has 2 unspecified atom stereocenters. The number of hydrogen-bond acceptors (Lipinski definition) is 4. The van der Waals surface area contributed by atoms with Gasteiger partial charge in [0.25, 0.3) is 0 Å². The van der Waals surface area contributed by atoms with Crippen molar-refractivity contribution in [2.75, 3.05) is 33.9 Å². The van der Waals surface area contributed by atoms with Crippen LogP contribution in [0.1, 0.15) is 13.8 Å². The highest BCUT2D eigenvalue weighted by molar-refractivity contribution is 5.78. The summed E-state index contributed by atoms with van der Waals surface area (Å²) >= 11 is 0. The van der Waals surface area contributed by atoms with Gasteiger partial charge >= 0.3 is 0 Å². The van der Waals surface area contributed by atoms with E-state index >= 15 is 0 Å². The van der Waals surface area contributed by atoms with E-state index in [2.05, 4.69) is 5.32 Å². The van der Waals surface area contributed by atoms with Gasteiger partial charge in [0.2, 0.25) is 5.91 Å². The summed E-state index contributed by atoms with van der Waals surface area (Å²) in [6.07, 6.45) is 0. The number of carbonyl (C=O) groups excluding carboxylic acids is 1. The molecule has 1 amide bonds. The van der Waals surface area contributed by atoms with Crippen molar-refractivity contribution in [3.8, 4) is 0 Å². The third-order valence-corrected chi connectivity index (χ3v) is 2.23. The van der Waals surface area contributed by atoms with Crippen LogP contribution in [-0.4, -0.2) is 61.9 Å². The predicted octanol–water partition coefficient (Wildman–Crippen LogP) is -0.550. The summed E-state index contributed by atoms with van der Waals surface area (Å²) in [5.74, 6) is -0.0534. The van der Waals surface area contributed by atoms with E-state index in [9.17, 15) is 4.79 Å². The van der Waals surface area contributed by atoms with Crippen molar-refractivity contribution < 1.29 is 14.6 Å². The Morgan fingerprint density at radius 3 is 2.60 bits per heavy atom. The first kappa shape index (κ1) is 14.3. The number of methoxy groups -OCH3 is 1. The van der Waals surface area contributed by atoms with Gasteiger partial charge in [0.05, 0.1) is 19.8 Å². The van der Waals surface area contributed by atoms with Crippen LogP contribution in [0.4, 0.5) is 0 Å². The van der Waals surface area contributed by atoms with E-state index in [4.69, 9.17) is 9.84 Å². The van der Waals surface area contributed by atoms with E-state index in [1.165, 1.54) is 0 Å². The minimum absolute atomic E-state index is 0.00604. The van der Waals surface area contributed by atoms with Gasteiger partial charge in [-0.05, 0) is 20.9 Å². The van der Waals surface area contributed by atoms with Crippen molar-refractivity contribution in [1.29, 1.82) is 0 Å². The summed E-state index contributed by atoms with van der Waals surface area (Å²) in [4.78, 5) is 13.3. The summed E-state index contributed by atoms with van der Waals surface area (Å²) in [6, 6.07) is 0.00816. The standard InChI is InChI=1S/C10H22N2O3/c1-8(7-15-4)11-10(14)5-12(3)9(2)6-13/h8-9,13H,5-7H2,1-4H3,(H,11,14). The highest BCUT2D eigenvalue weighted by Crippen LogP contribution is 1.93. The lowest BCUT2D eigenvalue weighted by Crippen LogP contribution is -2.44. The molecule has 0 aliphatic carbocycles. The molecule has 15 heavy (non-hydrogen) atoms. The molecule has 2 N–H and O–H groups in total. The number of aliphatic hydroxyl groups excluding tert-OH is 1. The summed E-state index contributed by atoms with van der Waals surface area (Å²) in [6.45, 7) is 4.60. The van der Waals surface area contributed by atoms with E-state index in [1.807, 2.05) is 13.8 Å². The van der Waals surface area contributed by atoms with Gasteiger partial charge in [0.15, 0.2) is 0 Å². The minimum Gasteiger partial charge on any atom is -0.395 e. The molecule has 0 bridgehead atoms. The first-order chi connectivity index (χ1) is 7.01. The summed E-state index contributed by atoms with van der Waals surface area (Å²) in [7, 11) is 3.41. The zero-order valence-corrected chi connectivity index (χ0v) is 9.99. The lowest BCUT2D eigenvalue weighted by molar-refractivity contribution is -0.123. The molecule has 0 heterocycles. The first-order valence-electron chi connectivity index (χ1n) is 5.10. The van der Waals surface area contributed by atoms with Gasteiger partial charge in [0.1, 0.15) is 0 Å². The largest absolute Gasteiger partial charge is 0.395 e. The normalized spacial score (nSPS) is 15.1. The van der Waals surface area contributed by atoms with Crippen LogP contribution >= 0.6 is 0 Å². The topological polar surface area (TPSA) is 61.8 Å². The van der Waals surface area contributed by atoms with Crippen molar-refractivity contribution in [2.45, 2.75) is 25.9 Å². The monoisotopic (exact) mass is 218 g/mol. The quantitative estimate of drug-likeness (QED) is 0.602. The fourth-order valence-corrected chi connectivity index (χ4v) is 1.13. The molecule has 0 aromatic rings. The number of ether oxygens (including phenoxy) is 1. The van der Waals surface area contributed by atoms with Crippen molar-refractivity contribution in [2.24, 2.45) is 0 Å². The van der Waals surface area contributed by atoms with Gasteiger partial charge < -0.3 is 15.2 Å². The molecule has 0 aliphatic heterocycles. The maximum absolute atomic E-state index is 11.5. The molecule has 5 heteroatoms. The van der Waals surface area contributed by atoms with Crippen molar-refractivity contribution in [3.63, 3.8) is 0 Å². The Bertz CT molecular complexity index is 188. The maximum Gasteiger partial charge on any atom is 0.234 e. The van der Waals surface area contributed by atoms with Crippen LogP contribution in [0, 0.1) is 0 Å². The smallest absolute Gasteiger partial charge is 0.234 e. The number of amides is 1. The molecule has 0 radical (unpaired) electrons. The average Bonchev–Trinajstić information content (AvgIpc) is 2.16. The van der Waals surface area contributed by atoms with Gasteiger partial charge in [-0.3, -0.25) is 9.69 Å². The third-order valence-electron chi connectivity index (χ3n) is 2.23. The molecule has 0 rings (SSSR count).